The molecule has 0 saturated carbocycles. The Hall–Kier alpha value is -2.66. The zero-order valence-corrected chi connectivity index (χ0v) is 14.0. The van der Waals surface area contributed by atoms with E-state index in [0.29, 0.717) is 25.0 Å². The predicted octanol–water partition coefficient (Wildman–Crippen LogP) is 2.30. The molecule has 1 aliphatic rings. The van der Waals surface area contributed by atoms with Crippen LogP contribution in [-0.4, -0.2) is 30.0 Å². The Balaban J connectivity index is 1.58. The summed E-state index contributed by atoms with van der Waals surface area (Å²) in [6, 6.07) is 13.1. The van der Waals surface area contributed by atoms with Gasteiger partial charge in [-0.25, -0.2) is 0 Å². The molecular weight excluding hydrogens is 318 g/mol. The molecule has 0 aliphatic carbocycles. The third-order valence-corrected chi connectivity index (χ3v) is 4.15. The third-order valence-electron chi connectivity index (χ3n) is 4.15. The van der Waals surface area contributed by atoms with Crippen molar-refractivity contribution in [1.29, 1.82) is 0 Å². The van der Waals surface area contributed by atoms with E-state index in [0.717, 1.165) is 28.8 Å². The average Bonchev–Trinajstić information content (AvgIpc) is 2.61. The lowest BCUT2D eigenvalue weighted by molar-refractivity contribution is -0.118. The molecule has 130 valence electrons. The van der Waals surface area contributed by atoms with Gasteiger partial charge in [0.1, 0.15) is 18.1 Å². The number of carbonyl (C=O) groups excluding carboxylic acids is 2. The second kappa shape index (κ2) is 7.94. The minimum atomic E-state index is -0.0231. The van der Waals surface area contributed by atoms with Crippen LogP contribution in [0, 0.1) is 0 Å². The van der Waals surface area contributed by atoms with Gasteiger partial charge in [0.25, 0.3) is 0 Å². The van der Waals surface area contributed by atoms with Crippen molar-refractivity contribution in [1.82, 2.24) is 0 Å². The molecule has 1 amide bonds. The molecule has 0 atom stereocenters. The van der Waals surface area contributed by atoms with Gasteiger partial charge in [-0.1, -0.05) is 24.3 Å². The van der Waals surface area contributed by atoms with Crippen LogP contribution in [-0.2, 0) is 28.9 Å². The van der Waals surface area contributed by atoms with Crippen molar-refractivity contribution in [2.24, 2.45) is 0 Å². The first-order valence-electron chi connectivity index (χ1n) is 8.40. The monoisotopic (exact) mass is 339 g/mol. The molecule has 2 aromatic carbocycles. The van der Waals surface area contributed by atoms with Gasteiger partial charge in [0, 0.05) is 24.9 Å². The Labute approximate surface area is 146 Å². The van der Waals surface area contributed by atoms with Gasteiger partial charge in [-0.15, -0.1) is 0 Å². The van der Waals surface area contributed by atoms with Crippen LogP contribution in [0.15, 0.2) is 42.5 Å². The average molecular weight is 339 g/mol. The van der Waals surface area contributed by atoms with E-state index in [1.165, 1.54) is 0 Å². The molecule has 1 aliphatic heterocycles. The van der Waals surface area contributed by atoms with Crippen LogP contribution < -0.4 is 10.1 Å². The zero-order chi connectivity index (χ0) is 17.6. The highest BCUT2D eigenvalue weighted by Gasteiger charge is 2.15. The van der Waals surface area contributed by atoms with Gasteiger partial charge < -0.3 is 15.2 Å². The minimum absolute atomic E-state index is 0.0231. The van der Waals surface area contributed by atoms with Crippen LogP contribution in [0.5, 0.6) is 5.75 Å². The Bertz CT molecular complexity index is 768. The number of carbonyl (C=O) groups is 2. The number of anilines is 1. The number of ether oxygens (including phenoxy) is 1. The molecule has 5 heteroatoms. The molecule has 0 spiro atoms. The van der Waals surface area contributed by atoms with Gasteiger partial charge in [0.2, 0.25) is 5.91 Å². The molecule has 3 rings (SSSR count). The largest absolute Gasteiger partial charge is 0.491 e. The van der Waals surface area contributed by atoms with Crippen molar-refractivity contribution in [2.75, 3.05) is 18.5 Å². The number of aryl methyl sites for hydroxylation is 1. The fraction of sp³-hybridized carbons (Fsp3) is 0.300. The van der Waals surface area contributed by atoms with Gasteiger partial charge in [0.05, 0.1) is 6.61 Å². The summed E-state index contributed by atoms with van der Waals surface area (Å²) in [6.45, 7) is 0.238. The first kappa shape index (κ1) is 17.2. The number of hydrogen-bond acceptors (Lipinski definition) is 4. The van der Waals surface area contributed by atoms with Crippen molar-refractivity contribution < 1.29 is 19.4 Å². The van der Waals surface area contributed by atoms with Crippen molar-refractivity contribution in [3.63, 3.8) is 0 Å². The summed E-state index contributed by atoms with van der Waals surface area (Å²) in [5, 5.41) is 11.6. The summed E-state index contributed by atoms with van der Waals surface area (Å²) in [7, 11) is 0. The number of Topliss-reactive ketones (excluding diaryl/α,β-unsaturated/α-hetero) is 1. The summed E-state index contributed by atoms with van der Waals surface area (Å²) in [4.78, 5) is 23.7. The lowest BCUT2D eigenvalue weighted by atomic mass is 9.97. The quantitative estimate of drug-likeness (QED) is 0.812. The topological polar surface area (TPSA) is 75.6 Å². The molecule has 0 aromatic heterocycles. The molecule has 0 saturated heterocycles. The van der Waals surface area contributed by atoms with Crippen molar-refractivity contribution >= 4 is 17.4 Å². The lowest BCUT2D eigenvalue weighted by Crippen LogP contribution is -2.19. The van der Waals surface area contributed by atoms with Gasteiger partial charge in [-0.05, 0) is 41.3 Å². The number of amides is 1. The maximum absolute atomic E-state index is 12.3. The summed E-state index contributed by atoms with van der Waals surface area (Å²) >= 11 is 0. The Kier molecular flexibility index (Phi) is 5.46. The van der Waals surface area contributed by atoms with Crippen LogP contribution in [0.4, 0.5) is 5.69 Å². The van der Waals surface area contributed by atoms with E-state index in [2.05, 4.69) is 5.32 Å². The smallest absolute Gasteiger partial charge is 0.224 e. The van der Waals surface area contributed by atoms with E-state index >= 15 is 0 Å². The Morgan fingerprint density at radius 2 is 1.76 bits per heavy atom. The molecular formula is C20H21NO4. The number of benzene rings is 2. The van der Waals surface area contributed by atoms with Crippen LogP contribution in [0.2, 0.25) is 0 Å². The molecule has 0 bridgehead atoms. The van der Waals surface area contributed by atoms with Crippen molar-refractivity contribution in [3.8, 4) is 5.75 Å². The maximum Gasteiger partial charge on any atom is 0.224 e. The van der Waals surface area contributed by atoms with E-state index in [9.17, 15) is 9.59 Å². The SMILES string of the molecule is O=C(Cc1ccc(OCCO)cc1)Cc1ccc2c(c1)CCC(=O)N2. The van der Waals surface area contributed by atoms with E-state index in [1.807, 2.05) is 30.3 Å². The third kappa shape index (κ3) is 4.67. The van der Waals surface area contributed by atoms with Crippen LogP contribution in [0.25, 0.3) is 0 Å². The predicted molar refractivity (Wildman–Crippen MR) is 94.8 cm³/mol. The maximum atomic E-state index is 12.3. The molecule has 25 heavy (non-hydrogen) atoms. The minimum Gasteiger partial charge on any atom is -0.491 e. The summed E-state index contributed by atoms with van der Waals surface area (Å²) < 4.78 is 5.31. The number of rotatable bonds is 7. The lowest BCUT2D eigenvalue weighted by Gasteiger charge is -2.17. The number of hydrogen-bond donors (Lipinski definition) is 2. The second-order valence-electron chi connectivity index (χ2n) is 6.15. The van der Waals surface area contributed by atoms with Crippen molar-refractivity contribution in [2.45, 2.75) is 25.7 Å². The second-order valence-corrected chi connectivity index (χ2v) is 6.15. The normalized spacial score (nSPS) is 13.1. The number of fused-ring (bicyclic) bond motifs is 1. The molecule has 0 unspecified atom stereocenters. The first-order chi connectivity index (χ1) is 12.1. The summed E-state index contributed by atoms with van der Waals surface area (Å²) in [5.41, 5.74) is 3.86. The zero-order valence-electron chi connectivity index (χ0n) is 14.0. The molecule has 2 N–H and O–H groups in total. The highest BCUT2D eigenvalue weighted by atomic mass is 16.5. The molecule has 5 nitrogen and oxygen atoms in total. The molecule has 1 heterocycles. The van der Waals surface area contributed by atoms with E-state index in [-0.39, 0.29) is 24.9 Å². The number of nitrogens with one attached hydrogen (secondary N) is 1. The van der Waals surface area contributed by atoms with E-state index < -0.39 is 0 Å². The molecule has 0 radical (unpaired) electrons. The van der Waals surface area contributed by atoms with Gasteiger partial charge >= 0.3 is 0 Å². The number of ketones is 1. The van der Waals surface area contributed by atoms with Crippen LogP contribution in [0.1, 0.15) is 23.1 Å². The summed E-state index contributed by atoms with van der Waals surface area (Å²) in [6.07, 6.45) is 1.96. The standard InChI is InChI=1S/C20H21NO4/c22-9-10-25-18-5-1-14(2-6-18)12-17(23)13-15-3-7-19-16(11-15)4-8-20(24)21-19/h1-3,5-7,11,22H,4,8-10,12-13H2,(H,21,24). The van der Waals surface area contributed by atoms with Gasteiger partial charge in [-0.2, -0.15) is 0 Å². The van der Waals surface area contributed by atoms with Gasteiger partial charge in [0.15, 0.2) is 0 Å². The number of aliphatic hydroxyl groups is 1. The fourth-order valence-corrected chi connectivity index (χ4v) is 2.93. The van der Waals surface area contributed by atoms with Crippen molar-refractivity contribution in [3.05, 3.63) is 59.2 Å². The number of aliphatic hydroxyl groups excluding tert-OH is 1. The highest BCUT2D eigenvalue weighted by molar-refractivity contribution is 5.94. The van der Waals surface area contributed by atoms with Gasteiger partial charge in [-0.3, -0.25) is 9.59 Å². The molecule has 2 aromatic rings. The van der Waals surface area contributed by atoms with Crippen LogP contribution in [0.3, 0.4) is 0 Å². The van der Waals surface area contributed by atoms with E-state index in [4.69, 9.17) is 9.84 Å². The molecule has 0 fully saturated rings. The first-order valence-corrected chi connectivity index (χ1v) is 8.40. The van der Waals surface area contributed by atoms with Crippen LogP contribution >= 0.6 is 0 Å². The summed E-state index contributed by atoms with van der Waals surface area (Å²) in [5.74, 6) is 0.869. The fourth-order valence-electron chi connectivity index (χ4n) is 2.93. The Morgan fingerprint density at radius 1 is 1.04 bits per heavy atom. The highest BCUT2D eigenvalue weighted by Crippen LogP contribution is 2.24. The van der Waals surface area contributed by atoms with E-state index in [1.54, 1.807) is 12.1 Å². The Morgan fingerprint density at radius 3 is 2.52 bits per heavy atom.